The molecule has 90 valence electrons. The number of halogens is 1. The Morgan fingerprint density at radius 2 is 2.00 bits per heavy atom. The van der Waals surface area contributed by atoms with Gasteiger partial charge in [-0.2, -0.15) is 0 Å². The standard InChI is InChI=1S/C15H12BrNO/c1-11-14(16)7-4-8-15(11)18-10-12-5-3-6-13(9-12)17-2/h3-9H,10H2,1H3. The molecule has 0 aromatic heterocycles. The zero-order valence-electron chi connectivity index (χ0n) is 9.98. The highest BCUT2D eigenvalue weighted by Crippen LogP contribution is 2.26. The van der Waals surface area contributed by atoms with Crippen molar-refractivity contribution in [2.24, 2.45) is 0 Å². The van der Waals surface area contributed by atoms with Crippen LogP contribution in [0.3, 0.4) is 0 Å². The molecule has 3 heteroatoms. The van der Waals surface area contributed by atoms with Crippen molar-refractivity contribution in [3.63, 3.8) is 0 Å². The SMILES string of the molecule is [C-]#[N+]c1cccc(COc2cccc(Br)c2C)c1. The van der Waals surface area contributed by atoms with Crippen LogP contribution in [0.1, 0.15) is 11.1 Å². The number of rotatable bonds is 3. The third-order valence-corrected chi connectivity index (χ3v) is 3.51. The molecule has 0 bridgehead atoms. The maximum Gasteiger partial charge on any atom is 0.187 e. The fraction of sp³-hybridized carbons (Fsp3) is 0.133. The molecule has 2 aromatic carbocycles. The molecule has 2 rings (SSSR count). The fourth-order valence-electron chi connectivity index (χ4n) is 1.62. The molecule has 0 amide bonds. The number of ether oxygens (including phenoxy) is 1. The molecule has 0 aliphatic heterocycles. The molecule has 0 saturated heterocycles. The second-order valence-corrected chi connectivity index (χ2v) is 4.79. The van der Waals surface area contributed by atoms with Gasteiger partial charge in [0.05, 0.1) is 6.57 Å². The molecule has 0 aliphatic carbocycles. The molecule has 2 aromatic rings. The molecule has 0 spiro atoms. The summed E-state index contributed by atoms with van der Waals surface area (Å²) in [5.41, 5.74) is 2.73. The minimum Gasteiger partial charge on any atom is -0.489 e. The summed E-state index contributed by atoms with van der Waals surface area (Å²) in [5.74, 6) is 0.859. The van der Waals surface area contributed by atoms with Gasteiger partial charge in [0.2, 0.25) is 0 Å². The minimum atomic E-state index is 0.473. The zero-order chi connectivity index (χ0) is 13.0. The molecule has 0 atom stereocenters. The van der Waals surface area contributed by atoms with Crippen molar-refractivity contribution in [3.05, 3.63) is 69.5 Å². The summed E-state index contributed by atoms with van der Waals surface area (Å²) in [6.45, 7) is 9.46. The van der Waals surface area contributed by atoms with Crippen molar-refractivity contribution in [2.45, 2.75) is 13.5 Å². The Kier molecular flexibility index (Phi) is 4.01. The first-order chi connectivity index (χ1) is 8.70. The van der Waals surface area contributed by atoms with E-state index < -0.39 is 0 Å². The summed E-state index contributed by atoms with van der Waals surface area (Å²) in [6.07, 6.45) is 0. The van der Waals surface area contributed by atoms with Crippen LogP contribution in [-0.2, 0) is 6.61 Å². The first-order valence-corrected chi connectivity index (χ1v) is 6.34. The topological polar surface area (TPSA) is 13.6 Å². The normalized spacial score (nSPS) is 9.83. The summed E-state index contributed by atoms with van der Waals surface area (Å²) in [7, 11) is 0. The van der Waals surface area contributed by atoms with Crippen molar-refractivity contribution in [1.82, 2.24) is 0 Å². The molecule has 0 heterocycles. The van der Waals surface area contributed by atoms with Crippen LogP contribution in [0.25, 0.3) is 4.85 Å². The molecule has 0 N–H and O–H groups in total. The molecule has 18 heavy (non-hydrogen) atoms. The molecule has 0 radical (unpaired) electrons. The van der Waals surface area contributed by atoms with E-state index in [-0.39, 0.29) is 0 Å². The molecular formula is C15H12BrNO. The Morgan fingerprint density at radius 1 is 1.22 bits per heavy atom. The van der Waals surface area contributed by atoms with Crippen LogP contribution in [0.2, 0.25) is 0 Å². The number of hydrogen-bond donors (Lipinski definition) is 0. The molecule has 2 nitrogen and oxygen atoms in total. The number of benzene rings is 2. The fourth-order valence-corrected chi connectivity index (χ4v) is 1.97. The maximum atomic E-state index is 6.98. The van der Waals surface area contributed by atoms with Crippen LogP contribution < -0.4 is 4.74 Å². The zero-order valence-corrected chi connectivity index (χ0v) is 11.6. The van der Waals surface area contributed by atoms with Crippen molar-refractivity contribution in [2.75, 3.05) is 0 Å². The van der Waals surface area contributed by atoms with E-state index >= 15 is 0 Å². The van der Waals surface area contributed by atoms with Gasteiger partial charge in [-0.3, -0.25) is 0 Å². The van der Waals surface area contributed by atoms with Crippen LogP contribution in [0.15, 0.2) is 46.9 Å². The van der Waals surface area contributed by atoms with E-state index in [1.807, 2.05) is 43.3 Å². The van der Waals surface area contributed by atoms with Gasteiger partial charge in [0, 0.05) is 10.0 Å². The van der Waals surface area contributed by atoms with Crippen LogP contribution >= 0.6 is 15.9 Å². The lowest BCUT2D eigenvalue weighted by Gasteiger charge is -2.10. The van der Waals surface area contributed by atoms with Gasteiger partial charge in [0.1, 0.15) is 12.4 Å². The largest absolute Gasteiger partial charge is 0.489 e. The molecule has 0 unspecified atom stereocenters. The highest BCUT2D eigenvalue weighted by Gasteiger charge is 2.03. The lowest BCUT2D eigenvalue weighted by molar-refractivity contribution is 0.304. The van der Waals surface area contributed by atoms with E-state index in [4.69, 9.17) is 11.3 Å². The second-order valence-electron chi connectivity index (χ2n) is 3.93. The number of hydrogen-bond acceptors (Lipinski definition) is 1. The second kappa shape index (κ2) is 5.70. The van der Waals surface area contributed by atoms with E-state index in [9.17, 15) is 0 Å². The van der Waals surface area contributed by atoms with Gasteiger partial charge in [-0.1, -0.05) is 40.2 Å². The minimum absolute atomic E-state index is 0.473. The summed E-state index contributed by atoms with van der Waals surface area (Å²) >= 11 is 3.48. The summed E-state index contributed by atoms with van der Waals surface area (Å²) < 4.78 is 6.81. The maximum absolute atomic E-state index is 6.98. The summed E-state index contributed by atoms with van der Waals surface area (Å²) in [5, 5.41) is 0. The van der Waals surface area contributed by atoms with Crippen molar-refractivity contribution >= 4 is 21.6 Å². The Bertz CT molecular complexity index is 602. The van der Waals surface area contributed by atoms with Crippen molar-refractivity contribution in [3.8, 4) is 5.75 Å². The third-order valence-electron chi connectivity index (χ3n) is 2.65. The molecular weight excluding hydrogens is 290 g/mol. The monoisotopic (exact) mass is 301 g/mol. The summed E-state index contributed by atoms with van der Waals surface area (Å²) in [4.78, 5) is 3.40. The molecule has 0 saturated carbocycles. The van der Waals surface area contributed by atoms with Crippen LogP contribution in [0, 0.1) is 13.5 Å². The van der Waals surface area contributed by atoms with Crippen LogP contribution in [-0.4, -0.2) is 0 Å². The number of nitrogens with zero attached hydrogens (tertiary/aromatic N) is 1. The van der Waals surface area contributed by atoms with Gasteiger partial charge in [-0.25, -0.2) is 4.85 Å². The third kappa shape index (κ3) is 2.91. The first-order valence-electron chi connectivity index (χ1n) is 5.55. The lowest BCUT2D eigenvalue weighted by atomic mass is 10.2. The van der Waals surface area contributed by atoms with Gasteiger partial charge in [0.15, 0.2) is 5.69 Å². The van der Waals surface area contributed by atoms with Gasteiger partial charge in [-0.15, -0.1) is 0 Å². The van der Waals surface area contributed by atoms with Crippen molar-refractivity contribution < 1.29 is 4.74 Å². The highest BCUT2D eigenvalue weighted by atomic mass is 79.9. The van der Waals surface area contributed by atoms with E-state index in [0.29, 0.717) is 12.3 Å². The Balaban J connectivity index is 2.12. The predicted molar refractivity (Wildman–Crippen MR) is 75.9 cm³/mol. The van der Waals surface area contributed by atoms with Crippen LogP contribution in [0.5, 0.6) is 5.75 Å². The van der Waals surface area contributed by atoms with Gasteiger partial charge in [-0.05, 0) is 30.7 Å². The van der Waals surface area contributed by atoms with E-state index in [1.54, 1.807) is 6.07 Å². The average Bonchev–Trinajstić information content (AvgIpc) is 2.41. The quantitative estimate of drug-likeness (QED) is 0.736. The lowest BCUT2D eigenvalue weighted by Crippen LogP contribution is -1.96. The van der Waals surface area contributed by atoms with Gasteiger partial charge < -0.3 is 4.74 Å². The van der Waals surface area contributed by atoms with Gasteiger partial charge in [0.25, 0.3) is 0 Å². The Labute approximate surface area is 115 Å². The average molecular weight is 302 g/mol. The van der Waals surface area contributed by atoms with Crippen LogP contribution in [0.4, 0.5) is 5.69 Å². The molecule has 0 aliphatic rings. The van der Waals surface area contributed by atoms with E-state index in [1.165, 1.54) is 0 Å². The first kappa shape index (κ1) is 12.7. The Morgan fingerprint density at radius 3 is 2.78 bits per heavy atom. The Hall–Kier alpha value is -1.79. The smallest absolute Gasteiger partial charge is 0.187 e. The summed E-state index contributed by atoms with van der Waals surface area (Å²) in [6, 6.07) is 13.4. The van der Waals surface area contributed by atoms with Gasteiger partial charge >= 0.3 is 0 Å². The van der Waals surface area contributed by atoms with E-state index in [0.717, 1.165) is 21.3 Å². The van der Waals surface area contributed by atoms with Crippen molar-refractivity contribution in [1.29, 1.82) is 0 Å². The van der Waals surface area contributed by atoms with E-state index in [2.05, 4.69) is 20.8 Å². The predicted octanol–water partition coefficient (Wildman–Crippen LogP) is 4.89. The highest BCUT2D eigenvalue weighted by molar-refractivity contribution is 9.10. The molecule has 0 fully saturated rings.